The molecule has 1 aliphatic carbocycles. The maximum absolute atomic E-state index is 14.5. The van der Waals surface area contributed by atoms with Gasteiger partial charge in [0.1, 0.15) is 11.4 Å². The van der Waals surface area contributed by atoms with Crippen molar-refractivity contribution in [2.24, 2.45) is 0 Å². The van der Waals surface area contributed by atoms with Gasteiger partial charge in [-0.05, 0) is 43.9 Å². The minimum Gasteiger partial charge on any atom is -0.454 e. The van der Waals surface area contributed by atoms with E-state index in [1.54, 1.807) is 18.2 Å². The summed E-state index contributed by atoms with van der Waals surface area (Å²) < 4.78 is 26.0. The summed E-state index contributed by atoms with van der Waals surface area (Å²) in [5.41, 5.74) is 0.966. The molecule has 2 aliphatic rings. The number of ether oxygens (including phenoxy) is 2. The van der Waals surface area contributed by atoms with Crippen LogP contribution in [0.2, 0.25) is 0 Å². The van der Waals surface area contributed by atoms with Crippen molar-refractivity contribution in [2.75, 3.05) is 19.0 Å². The molecule has 142 valence electrons. The van der Waals surface area contributed by atoms with Gasteiger partial charge in [0, 0.05) is 31.1 Å². The van der Waals surface area contributed by atoms with Crippen molar-refractivity contribution >= 4 is 11.6 Å². The van der Waals surface area contributed by atoms with E-state index < -0.39 is 5.82 Å². The van der Waals surface area contributed by atoms with Crippen LogP contribution in [0.25, 0.3) is 0 Å². The van der Waals surface area contributed by atoms with Crippen LogP contribution in [0.3, 0.4) is 0 Å². The highest BCUT2D eigenvalue weighted by molar-refractivity contribution is 5.92. The second-order valence-electron chi connectivity index (χ2n) is 7.10. The van der Waals surface area contributed by atoms with Gasteiger partial charge in [0.25, 0.3) is 5.91 Å². The first-order chi connectivity index (χ1) is 13.1. The average molecular weight is 371 g/mol. The summed E-state index contributed by atoms with van der Waals surface area (Å²) in [6.07, 6.45) is 5.88. The van der Waals surface area contributed by atoms with Crippen molar-refractivity contribution in [3.63, 3.8) is 0 Å². The number of carbonyl (C=O) groups is 1. The fourth-order valence-corrected chi connectivity index (χ4v) is 3.62. The maximum atomic E-state index is 14.5. The molecular formula is C20H22FN3O3. The zero-order chi connectivity index (χ0) is 18.9. The van der Waals surface area contributed by atoms with Gasteiger partial charge >= 0.3 is 0 Å². The van der Waals surface area contributed by atoms with Crippen LogP contribution in [-0.4, -0.2) is 36.2 Å². The van der Waals surface area contributed by atoms with E-state index in [-0.39, 0.29) is 29.0 Å². The third-order valence-corrected chi connectivity index (χ3v) is 5.20. The molecule has 1 aromatic carbocycles. The second-order valence-corrected chi connectivity index (χ2v) is 7.10. The van der Waals surface area contributed by atoms with Gasteiger partial charge < -0.3 is 20.1 Å². The molecule has 4 rings (SSSR count). The zero-order valence-corrected chi connectivity index (χ0v) is 15.1. The molecular weight excluding hydrogens is 349 g/mol. The number of nitrogens with zero attached hydrogens (tertiary/aromatic N) is 1. The van der Waals surface area contributed by atoms with Gasteiger partial charge in [-0.2, -0.15) is 0 Å². The molecule has 0 bridgehead atoms. The summed E-state index contributed by atoms with van der Waals surface area (Å²) in [4.78, 5) is 15.6. The minimum absolute atomic E-state index is 0.0586. The molecule has 1 unspecified atom stereocenters. The molecule has 2 aromatic rings. The molecule has 1 amide bonds. The Morgan fingerprint density at radius 2 is 2.19 bits per heavy atom. The molecule has 1 aromatic heterocycles. The predicted octanol–water partition coefficient (Wildman–Crippen LogP) is 3.50. The summed E-state index contributed by atoms with van der Waals surface area (Å²) in [5, 5.41) is 5.83. The molecule has 2 N–H and O–H groups in total. The van der Waals surface area contributed by atoms with Crippen LogP contribution < -0.4 is 15.4 Å². The normalized spacial score (nSPS) is 20.1. The molecule has 27 heavy (non-hydrogen) atoms. The topological polar surface area (TPSA) is 72.5 Å². The van der Waals surface area contributed by atoms with Gasteiger partial charge in [-0.25, -0.2) is 4.39 Å². The van der Waals surface area contributed by atoms with E-state index >= 15 is 0 Å². The van der Waals surface area contributed by atoms with Crippen LogP contribution in [0, 0.1) is 5.82 Å². The van der Waals surface area contributed by atoms with Gasteiger partial charge in [-0.1, -0.05) is 0 Å². The van der Waals surface area contributed by atoms with Gasteiger partial charge in [-0.15, -0.1) is 0 Å². The fourth-order valence-electron chi connectivity index (χ4n) is 3.62. The number of rotatable bonds is 5. The number of hydrogen-bond donors (Lipinski definition) is 2. The monoisotopic (exact) mass is 371 g/mol. The largest absolute Gasteiger partial charge is 0.454 e. The van der Waals surface area contributed by atoms with E-state index in [0.29, 0.717) is 18.0 Å². The Morgan fingerprint density at radius 3 is 2.85 bits per heavy atom. The highest BCUT2D eigenvalue weighted by Crippen LogP contribution is 2.44. The molecule has 1 aliphatic heterocycles. The van der Waals surface area contributed by atoms with Gasteiger partial charge in [-0.3, -0.25) is 9.78 Å². The number of carbonyl (C=O) groups excluding carboxylic acids is 1. The lowest BCUT2D eigenvalue weighted by molar-refractivity contribution is -0.0562. The van der Waals surface area contributed by atoms with Crippen molar-refractivity contribution in [3.8, 4) is 11.5 Å². The molecule has 1 saturated heterocycles. The molecule has 2 fully saturated rings. The number of amides is 1. The lowest BCUT2D eigenvalue weighted by Gasteiger charge is -2.37. The first-order valence-corrected chi connectivity index (χ1v) is 9.13. The number of pyridine rings is 1. The Morgan fingerprint density at radius 1 is 1.33 bits per heavy atom. The summed E-state index contributed by atoms with van der Waals surface area (Å²) in [6, 6.07) is 8.02. The SMILES string of the molecule is CNC(=O)c1cc(Oc2ccc(NC3COC4(CCC4)C3)cc2F)ccn1. The average Bonchev–Trinajstić information content (AvgIpc) is 3.08. The van der Waals surface area contributed by atoms with Crippen molar-refractivity contribution in [2.45, 2.75) is 37.3 Å². The van der Waals surface area contributed by atoms with Crippen LogP contribution in [0.1, 0.15) is 36.2 Å². The molecule has 0 radical (unpaired) electrons. The highest BCUT2D eigenvalue weighted by atomic mass is 19.1. The Hall–Kier alpha value is -2.67. The molecule has 1 atom stereocenters. The number of aromatic nitrogens is 1. The first kappa shape index (κ1) is 17.7. The van der Waals surface area contributed by atoms with Crippen molar-refractivity contribution in [3.05, 3.63) is 48.0 Å². The molecule has 1 saturated carbocycles. The highest BCUT2D eigenvalue weighted by Gasteiger charge is 2.44. The van der Waals surface area contributed by atoms with Crippen LogP contribution in [0.15, 0.2) is 36.5 Å². The zero-order valence-electron chi connectivity index (χ0n) is 15.1. The van der Waals surface area contributed by atoms with E-state index in [2.05, 4.69) is 15.6 Å². The molecule has 1 spiro atoms. The summed E-state index contributed by atoms with van der Waals surface area (Å²) >= 11 is 0. The van der Waals surface area contributed by atoms with Crippen LogP contribution in [-0.2, 0) is 4.74 Å². The summed E-state index contributed by atoms with van der Waals surface area (Å²) in [7, 11) is 1.52. The lowest BCUT2D eigenvalue weighted by atomic mass is 9.77. The number of anilines is 1. The van der Waals surface area contributed by atoms with Gasteiger partial charge in [0.2, 0.25) is 0 Å². The number of halogens is 1. The Kier molecular flexibility index (Phi) is 4.70. The van der Waals surface area contributed by atoms with Crippen LogP contribution >= 0.6 is 0 Å². The third kappa shape index (κ3) is 3.73. The molecule has 2 heterocycles. The predicted molar refractivity (Wildman–Crippen MR) is 98.7 cm³/mol. The Balaban J connectivity index is 1.42. The van der Waals surface area contributed by atoms with E-state index in [1.165, 1.54) is 31.8 Å². The van der Waals surface area contributed by atoms with E-state index in [4.69, 9.17) is 9.47 Å². The van der Waals surface area contributed by atoms with E-state index in [1.807, 2.05) is 0 Å². The second kappa shape index (κ2) is 7.15. The number of benzene rings is 1. The quantitative estimate of drug-likeness (QED) is 0.842. The molecule has 7 heteroatoms. The summed E-state index contributed by atoms with van der Waals surface area (Å²) in [6.45, 7) is 0.652. The molecule has 6 nitrogen and oxygen atoms in total. The van der Waals surface area contributed by atoms with Gasteiger partial charge in [0.05, 0.1) is 18.2 Å². The lowest BCUT2D eigenvalue weighted by Crippen LogP contribution is -2.36. The standard InChI is InChI=1S/C20H22FN3O3/c1-22-19(25)17-10-15(5-8-23-17)27-18-4-3-13(9-16(18)21)24-14-11-20(26-12-14)6-2-7-20/h3-5,8-10,14,24H,2,6-7,11-12H2,1H3,(H,22,25). The smallest absolute Gasteiger partial charge is 0.269 e. The van der Waals surface area contributed by atoms with Crippen LogP contribution in [0.4, 0.5) is 10.1 Å². The van der Waals surface area contributed by atoms with Crippen molar-refractivity contribution in [1.82, 2.24) is 10.3 Å². The third-order valence-electron chi connectivity index (χ3n) is 5.20. The van der Waals surface area contributed by atoms with E-state index in [0.717, 1.165) is 19.3 Å². The van der Waals surface area contributed by atoms with Crippen molar-refractivity contribution < 1.29 is 18.7 Å². The Labute approximate surface area is 157 Å². The number of nitrogens with one attached hydrogen (secondary N) is 2. The maximum Gasteiger partial charge on any atom is 0.269 e. The fraction of sp³-hybridized carbons (Fsp3) is 0.400. The van der Waals surface area contributed by atoms with Gasteiger partial charge in [0.15, 0.2) is 11.6 Å². The van der Waals surface area contributed by atoms with Crippen molar-refractivity contribution in [1.29, 1.82) is 0 Å². The minimum atomic E-state index is -0.476. The Bertz CT molecular complexity index is 854. The summed E-state index contributed by atoms with van der Waals surface area (Å²) in [5.74, 6) is -0.369. The first-order valence-electron chi connectivity index (χ1n) is 9.13. The van der Waals surface area contributed by atoms with Crippen LogP contribution in [0.5, 0.6) is 11.5 Å². The van der Waals surface area contributed by atoms with E-state index in [9.17, 15) is 9.18 Å². The number of hydrogen-bond acceptors (Lipinski definition) is 5.